The van der Waals surface area contributed by atoms with Crippen LogP contribution in [0.4, 0.5) is 14.6 Å². The summed E-state index contributed by atoms with van der Waals surface area (Å²) >= 11 is 9.85. The number of aromatic nitrogens is 4. The molecule has 3 aromatic carbocycles. The van der Waals surface area contributed by atoms with Crippen molar-refractivity contribution < 1.29 is 17.2 Å². The lowest BCUT2D eigenvalue weighted by atomic mass is 10.0. The van der Waals surface area contributed by atoms with E-state index in [1.807, 2.05) is 0 Å². The maximum Gasteiger partial charge on any atom is 0.266 e. The fraction of sp³-hybridized carbons (Fsp3) is 0.160. The Morgan fingerprint density at radius 2 is 1.82 bits per heavy atom. The number of sulfonamides is 1. The van der Waals surface area contributed by atoms with Crippen molar-refractivity contribution in [2.45, 2.75) is 12.5 Å². The van der Waals surface area contributed by atoms with E-state index in [0.717, 1.165) is 24.5 Å². The van der Waals surface area contributed by atoms with E-state index in [1.54, 1.807) is 31.3 Å². The van der Waals surface area contributed by atoms with Gasteiger partial charge in [0.15, 0.2) is 5.82 Å². The van der Waals surface area contributed by atoms with Gasteiger partial charge in [0.1, 0.15) is 17.5 Å². The van der Waals surface area contributed by atoms with Crippen LogP contribution in [0.3, 0.4) is 0 Å². The van der Waals surface area contributed by atoms with Gasteiger partial charge >= 0.3 is 0 Å². The van der Waals surface area contributed by atoms with Crippen LogP contribution in [0.2, 0.25) is 5.02 Å². The highest BCUT2D eigenvalue weighted by Crippen LogP contribution is 2.35. The van der Waals surface area contributed by atoms with E-state index in [-0.39, 0.29) is 45.1 Å². The van der Waals surface area contributed by atoms with Gasteiger partial charge in [-0.25, -0.2) is 22.2 Å². The van der Waals surface area contributed by atoms with E-state index < -0.39 is 33.3 Å². The van der Waals surface area contributed by atoms with E-state index in [4.69, 9.17) is 17.3 Å². The molecule has 0 fully saturated rings. The minimum Gasteiger partial charge on any atom is -0.321 e. The Bertz CT molecular complexity index is 1940. The molecular weight excluding hydrogens is 618 g/mol. The molecule has 202 valence electrons. The number of fused-ring (bicyclic) bond motifs is 2. The molecule has 5 aromatic rings. The SMILES string of the molecule is Cn1nc(NS(C)(=O)=O)c2c(Cl)ccc(-n3c([C@@H](N)Cc4cc(F)cc(F)c4)nc4cc(Br)ccc4c3=O)c21. The minimum atomic E-state index is -3.70. The number of nitrogens with two attached hydrogens (primary N) is 1. The monoisotopic (exact) mass is 636 g/mol. The summed E-state index contributed by atoms with van der Waals surface area (Å²) in [5, 5.41) is 5.01. The lowest BCUT2D eigenvalue weighted by molar-refractivity contribution is 0.572. The number of hydrogen-bond acceptors (Lipinski definition) is 6. The first-order chi connectivity index (χ1) is 18.3. The number of nitrogens with zero attached hydrogens (tertiary/aromatic N) is 4. The van der Waals surface area contributed by atoms with Crippen LogP contribution >= 0.6 is 27.5 Å². The molecule has 0 aliphatic carbocycles. The summed E-state index contributed by atoms with van der Waals surface area (Å²) < 4.78 is 57.4. The molecule has 9 nitrogen and oxygen atoms in total. The van der Waals surface area contributed by atoms with Gasteiger partial charge in [0.2, 0.25) is 10.0 Å². The highest BCUT2D eigenvalue weighted by atomic mass is 79.9. The Hall–Kier alpha value is -3.39. The second-order valence-corrected chi connectivity index (χ2v) is 12.1. The molecule has 0 aliphatic rings. The minimum absolute atomic E-state index is 0.0198. The summed E-state index contributed by atoms with van der Waals surface area (Å²) in [6.45, 7) is 0. The van der Waals surface area contributed by atoms with Gasteiger partial charge in [-0.3, -0.25) is 18.8 Å². The Morgan fingerprint density at radius 3 is 2.49 bits per heavy atom. The number of nitrogens with one attached hydrogen (secondary N) is 1. The van der Waals surface area contributed by atoms with Crippen LogP contribution in [0.1, 0.15) is 17.4 Å². The summed E-state index contributed by atoms with van der Waals surface area (Å²) in [5.41, 5.74) is 7.32. The molecule has 39 heavy (non-hydrogen) atoms. The van der Waals surface area contributed by atoms with Gasteiger partial charge in [0, 0.05) is 17.6 Å². The summed E-state index contributed by atoms with van der Waals surface area (Å²) in [4.78, 5) is 18.6. The zero-order valence-electron chi connectivity index (χ0n) is 20.4. The van der Waals surface area contributed by atoms with Crippen LogP contribution in [0.5, 0.6) is 0 Å². The van der Waals surface area contributed by atoms with Crippen LogP contribution in [-0.2, 0) is 23.5 Å². The second kappa shape index (κ2) is 9.97. The first-order valence-corrected chi connectivity index (χ1v) is 14.4. The average molecular weight is 638 g/mol. The molecule has 0 aliphatic heterocycles. The Morgan fingerprint density at radius 1 is 1.13 bits per heavy atom. The number of halogens is 4. The molecule has 0 amide bonds. The fourth-order valence-electron chi connectivity index (χ4n) is 4.52. The van der Waals surface area contributed by atoms with E-state index in [0.29, 0.717) is 15.5 Å². The third-order valence-electron chi connectivity index (χ3n) is 6.01. The number of rotatable bonds is 6. The van der Waals surface area contributed by atoms with Gasteiger partial charge in [-0.1, -0.05) is 27.5 Å². The first kappa shape index (κ1) is 27.2. The van der Waals surface area contributed by atoms with Crippen molar-refractivity contribution in [1.29, 1.82) is 0 Å². The smallest absolute Gasteiger partial charge is 0.266 e. The zero-order valence-corrected chi connectivity index (χ0v) is 23.6. The van der Waals surface area contributed by atoms with Crippen LogP contribution < -0.4 is 16.0 Å². The lowest BCUT2D eigenvalue weighted by Gasteiger charge is -2.20. The van der Waals surface area contributed by atoms with Crippen LogP contribution in [0.25, 0.3) is 27.5 Å². The van der Waals surface area contributed by atoms with E-state index in [2.05, 4.69) is 30.7 Å². The van der Waals surface area contributed by atoms with Gasteiger partial charge in [0.25, 0.3) is 5.56 Å². The number of aryl methyl sites for hydroxylation is 1. The maximum atomic E-state index is 14.0. The third-order valence-corrected chi connectivity index (χ3v) is 7.38. The molecule has 2 heterocycles. The van der Waals surface area contributed by atoms with Gasteiger partial charge in [-0.15, -0.1) is 0 Å². The van der Waals surface area contributed by atoms with E-state index in [1.165, 1.54) is 15.3 Å². The number of anilines is 1. The highest BCUT2D eigenvalue weighted by molar-refractivity contribution is 9.10. The molecule has 1 atom stereocenters. The Labute approximate surface area is 234 Å². The Kier molecular flexibility index (Phi) is 6.95. The lowest BCUT2D eigenvalue weighted by Crippen LogP contribution is -2.30. The summed E-state index contributed by atoms with van der Waals surface area (Å²) in [6.07, 6.45) is 0.942. The van der Waals surface area contributed by atoms with Crippen LogP contribution in [-0.4, -0.2) is 34.0 Å². The van der Waals surface area contributed by atoms with Gasteiger partial charge in [-0.2, -0.15) is 5.10 Å². The standard InChI is InChI=1S/C25H20BrClF2N6O3S/c1-34-22-20(6-5-17(27)21(22)23(32-34)33-39(2,37)38)35-24(18(30)9-12-7-14(28)11-15(29)8-12)31-19-10-13(26)3-4-16(19)25(35)36/h3-8,10-11,18H,9,30H2,1-2H3,(H,32,33)/t18-/m0/s1. The topological polar surface area (TPSA) is 125 Å². The quantitative estimate of drug-likeness (QED) is 0.281. The molecule has 0 spiro atoms. The van der Waals surface area contributed by atoms with Crippen molar-refractivity contribution >= 4 is 65.2 Å². The molecular formula is C25H20BrClF2N6O3S. The van der Waals surface area contributed by atoms with Crippen molar-refractivity contribution in [2.24, 2.45) is 12.8 Å². The molecule has 3 N–H and O–H groups in total. The molecule has 0 saturated heterocycles. The predicted molar refractivity (Wildman–Crippen MR) is 150 cm³/mol. The number of benzene rings is 3. The zero-order chi connectivity index (χ0) is 28.2. The average Bonchev–Trinajstić information content (AvgIpc) is 3.14. The van der Waals surface area contributed by atoms with E-state index >= 15 is 0 Å². The van der Waals surface area contributed by atoms with Gasteiger partial charge in [-0.05, 0) is 54.4 Å². The third kappa shape index (κ3) is 5.26. The first-order valence-electron chi connectivity index (χ1n) is 11.4. The van der Waals surface area contributed by atoms with Gasteiger partial charge < -0.3 is 5.73 Å². The molecule has 0 bridgehead atoms. The molecule has 0 saturated carbocycles. The molecule has 0 radical (unpaired) electrons. The van der Waals surface area contributed by atoms with Crippen molar-refractivity contribution in [3.63, 3.8) is 0 Å². The highest BCUT2D eigenvalue weighted by Gasteiger charge is 2.24. The largest absolute Gasteiger partial charge is 0.321 e. The van der Waals surface area contributed by atoms with Crippen LogP contribution in [0.15, 0.2) is 57.8 Å². The van der Waals surface area contributed by atoms with Crippen molar-refractivity contribution in [3.8, 4) is 5.69 Å². The normalized spacial score (nSPS) is 12.8. The summed E-state index contributed by atoms with van der Waals surface area (Å²) in [7, 11) is -2.13. The van der Waals surface area contributed by atoms with Crippen molar-refractivity contribution in [3.05, 3.63) is 91.4 Å². The van der Waals surface area contributed by atoms with Gasteiger partial charge in [0.05, 0.1) is 44.8 Å². The molecule has 2 aromatic heterocycles. The second-order valence-electron chi connectivity index (χ2n) is 9.00. The predicted octanol–water partition coefficient (Wildman–Crippen LogP) is 4.58. The fourth-order valence-corrected chi connectivity index (χ4v) is 5.60. The van der Waals surface area contributed by atoms with E-state index in [9.17, 15) is 22.0 Å². The Balaban J connectivity index is 1.81. The molecule has 5 rings (SSSR count). The van der Waals surface area contributed by atoms with Crippen molar-refractivity contribution in [1.82, 2.24) is 19.3 Å². The summed E-state index contributed by atoms with van der Waals surface area (Å²) in [5.74, 6) is -1.43. The molecule has 14 heteroatoms. The van der Waals surface area contributed by atoms with Crippen LogP contribution in [0, 0.1) is 11.6 Å². The molecule has 0 unspecified atom stereocenters. The number of hydrogen-bond donors (Lipinski definition) is 2. The van der Waals surface area contributed by atoms with Crippen molar-refractivity contribution in [2.75, 3.05) is 11.0 Å². The summed E-state index contributed by atoms with van der Waals surface area (Å²) in [6, 6.07) is 10.1. The maximum absolute atomic E-state index is 14.0.